The van der Waals surface area contributed by atoms with Crippen LogP contribution in [0.15, 0.2) is 103 Å². The predicted octanol–water partition coefficient (Wildman–Crippen LogP) is 4.60. The maximum Gasteiger partial charge on any atom is 0.235 e. The molecule has 170 valence electrons. The van der Waals surface area contributed by atoms with Gasteiger partial charge in [0.15, 0.2) is 0 Å². The fourth-order valence-corrected chi connectivity index (χ4v) is 6.60. The predicted molar refractivity (Wildman–Crippen MR) is 132 cm³/mol. The fourth-order valence-electron chi connectivity index (χ4n) is 6.60. The van der Waals surface area contributed by atoms with Crippen molar-refractivity contribution in [2.45, 2.75) is 18.0 Å². The third-order valence-electron chi connectivity index (χ3n) is 8.07. The minimum Gasteiger partial charge on any atom is -0.285 e. The summed E-state index contributed by atoms with van der Waals surface area (Å²) in [5, 5.41) is 0. The number of benzene rings is 3. The molecule has 2 amide bonds. The van der Waals surface area contributed by atoms with Crippen molar-refractivity contribution < 1.29 is 9.59 Å². The van der Waals surface area contributed by atoms with Crippen LogP contribution in [-0.2, 0) is 21.5 Å². The van der Waals surface area contributed by atoms with Gasteiger partial charge in [-0.2, -0.15) is 0 Å². The summed E-state index contributed by atoms with van der Waals surface area (Å²) >= 11 is 0. The number of carbonyl (C=O) groups is 2. The Hall–Kier alpha value is -3.50. The van der Waals surface area contributed by atoms with Crippen LogP contribution in [0.25, 0.3) is 0 Å². The molecule has 2 saturated heterocycles. The molecule has 5 atom stereocenters. The van der Waals surface area contributed by atoms with Gasteiger partial charge in [0.25, 0.3) is 0 Å². The van der Waals surface area contributed by atoms with E-state index in [-0.39, 0.29) is 29.7 Å². The molecular weight excluding hydrogens is 420 g/mol. The van der Waals surface area contributed by atoms with Gasteiger partial charge in [0, 0.05) is 25.6 Å². The van der Waals surface area contributed by atoms with E-state index in [4.69, 9.17) is 0 Å². The Bertz CT molecular complexity index is 1240. The van der Waals surface area contributed by atoms with Gasteiger partial charge in [0.1, 0.15) is 0 Å². The Balaban J connectivity index is 1.55. The van der Waals surface area contributed by atoms with E-state index in [0.29, 0.717) is 0 Å². The molecule has 2 fully saturated rings. The molecule has 4 nitrogen and oxygen atoms in total. The third kappa shape index (κ3) is 2.95. The SMILES string of the molecule is CN1C(=O)C2C3C=CC(c4ccccc4)(C2C1=O)N(CCc1ccccc1)C3c1ccccc1. The summed E-state index contributed by atoms with van der Waals surface area (Å²) in [5.41, 5.74) is 2.86. The van der Waals surface area contributed by atoms with Crippen LogP contribution in [0.1, 0.15) is 22.7 Å². The number of piperidine rings is 1. The average molecular weight is 449 g/mol. The smallest absolute Gasteiger partial charge is 0.235 e. The largest absolute Gasteiger partial charge is 0.285 e. The molecule has 0 spiro atoms. The Morgan fingerprint density at radius 1 is 0.794 bits per heavy atom. The second-order valence-electron chi connectivity index (χ2n) is 9.65. The molecule has 4 aliphatic rings. The van der Waals surface area contributed by atoms with E-state index in [1.54, 1.807) is 7.05 Å². The number of fused-ring (bicyclic) bond motifs is 1. The van der Waals surface area contributed by atoms with Crippen molar-refractivity contribution in [2.24, 2.45) is 17.8 Å². The van der Waals surface area contributed by atoms with Crippen molar-refractivity contribution in [3.8, 4) is 0 Å². The number of hydrogen-bond donors (Lipinski definition) is 0. The van der Waals surface area contributed by atoms with Gasteiger partial charge in [-0.1, -0.05) is 103 Å². The monoisotopic (exact) mass is 448 g/mol. The van der Waals surface area contributed by atoms with Crippen molar-refractivity contribution in [1.29, 1.82) is 0 Å². The molecule has 0 N–H and O–H groups in total. The number of amides is 2. The van der Waals surface area contributed by atoms with E-state index in [9.17, 15) is 9.59 Å². The van der Waals surface area contributed by atoms with Gasteiger partial charge in [-0.15, -0.1) is 0 Å². The third-order valence-corrected chi connectivity index (χ3v) is 8.07. The van der Waals surface area contributed by atoms with Gasteiger partial charge in [-0.05, 0) is 23.1 Å². The van der Waals surface area contributed by atoms with Crippen molar-refractivity contribution in [3.63, 3.8) is 0 Å². The van der Waals surface area contributed by atoms with Crippen molar-refractivity contribution in [1.82, 2.24) is 9.80 Å². The van der Waals surface area contributed by atoms with Crippen LogP contribution in [-0.4, -0.2) is 35.2 Å². The summed E-state index contributed by atoms with van der Waals surface area (Å²) in [6.07, 6.45) is 5.31. The molecule has 0 saturated carbocycles. The topological polar surface area (TPSA) is 40.6 Å². The normalized spacial score (nSPS) is 30.1. The summed E-state index contributed by atoms with van der Waals surface area (Å²) in [6.45, 7) is 0.785. The van der Waals surface area contributed by atoms with E-state index >= 15 is 0 Å². The molecule has 4 heteroatoms. The maximum atomic E-state index is 13.6. The Morgan fingerprint density at radius 2 is 1.41 bits per heavy atom. The standard InChI is InChI=1S/C30H28N2O2/c1-31-28(33)25-24-17-19-30(26(25)29(31)34,23-15-9-4-10-16-23)32(20-18-21-11-5-2-6-12-21)27(24)22-13-7-3-8-14-22/h2-17,19,24-27H,18,20H2,1H3. The minimum atomic E-state index is -0.673. The molecule has 1 aliphatic carbocycles. The number of likely N-dealkylation sites (tertiary alicyclic amines) is 1. The minimum absolute atomic E-state index is 0.0135. The molecule has 2 bridgehead atoms. The van der Waals surface area contributed by atoms with Gasteiger partial charge in [0.05, 0.1) is 17.4 Å². The Kier molecular flexibility index (Phi) is 5.00. The lowest BCUT2D eigenvalue weighted by molar-refractivity contribution is -0.142. The van der Waals surface area contributed by atoms with Crippen LogP contribution in [0.5, 0.6) is 0 Å². The highest BCUT2D eigenvalue weighted by Crippen LogP contribution is 2.61. The molecule has 3 aromatic rings. The maximum absolute atomic E-state index is 13.6. The van der Waals surface area contributed by atoms with E-state index < -0.39 is 11.5 Å². The first-order valence-electron chi connectivity index (χ1n) is 12.0. The van der Waals surface area contributed by atoms with E-state index in [1.165, 1.54) is 16.0 Å². The molecule has 3 aromatic carbocycles. The van der Waals surface area contributed by atoms with Gasteiger partial charge < -0.3 is 0 Å². The summed E-state index contributed by atoms with van der Waals surface area (Å²) in [6, 6.07) is 31.3. The molecule has 7 rings (SSSR count). The first-order chi connectivity index (χ1) is 16.6. The van der Waals surface area contributed by atoms with Crippen molar-refractivity contribution in [3.05, 3.63) is 120 Å². The highest BCUT2D eigenvalue weighted by molar-refractivity contribution is 6.06. The fraction of sp³-hybridized carbons (Fsp3) is 0.267. The average Bonchev–Trinajstić information content (AvgIpc) is 3.14. The number of hydrogen-bond acceptors (Lipinski definition) is 3. The lowest BCUT2D eigenvalue weighted by Crippen LogP contribution is -2.64. The summed E-state index contributed by atoms with van der Waals surface area (Å²) < 4.78 is 0. The Labute approximate surface area is 200 Å². The lowest BCUT2D eigenvalue weighted by Gasteiger charge is -2.60. The van der Waals surface area contributed by atoms with E-state index in [2.05, 4.69) is 77.7 Å². The van der Waals surface area contributed by atoms with E-state index in [1.807, 2.05) is 30.3 Å². The number of nitrogens with zero attached hydrogens (tertiary/aromatic N) is 2. The molecule has 0 aromatic heterocycles. The summed E-state index contributed by atoms with van der Waals surface area (Å²) in [4.78, 5) is 30.9. The van der Waals surface area contributed by atoms with Crippen LogP contribution in [0.3, 0.4) is 0 Å². The van der Waals surface area contributed by atoms with Gasteiger partial charge >= 0.3 is 0 Å². The second-order valence-corrected chi connectivity index (χ2v) is 9.65. The van der Waals surface area contributed by atoms with Crippen LogP contribution in [0.4, 0.5) is 0 Å². The molecule has 3 aliphatic heterocycles. The quantitative estimate of drug-likeness (QED) is 0.423. The second kappa shape index (κ2) is 8.07. The number of imide groups is 1. The van der Waals surface area contributed by atoms with Gasteiger partial charge in [-0.25, -0.2) is 0 Å². The summed E-state index contributed by atoms with van der Waals surface area (Å²) in [7, 11) is 1.65. The highest BCUT2D eigenvalue weighted by atomic mass is 16.2. The van der Waals surface area contributed by atoms with Crippen LogP contribution in [0.2, 0.25) is 0 Å². The van der Waals surface area contributed by atoms with Crippen LogP contribution >= 0.6 is 0 Å². The highest BCUT2D eigenvalue weighted by Gasteiger charge is 2.67. The molecule has 3 heterocycles. The molecule has 5 unspecified atom stereocenters. The molecule has 0 radical (unpaired) electrons. The lowest BCUT2D eigenvalue weighted by atomic mass is 9.57. The first kappa shape index (κ1) is 21.1. The molecular formula is C30H28N2O2. The van der Waals surface area contributed by atoms with E-state index in [0.717, 1.165) is 18.5 Å². The van der Waals surface area contributed by atoms with Crippen molar-refractivity contribution in [2.75, 3.05) is 13.6 Å². The number of rotatable bonds is 5. The molecule has 34 heavy (non-hydrogen) atoms. The zero-order valence-corrected chi connectivity index (χ0v) is 19.2. The summed E-state index contributed by atoms with van der Waals surface area (Å²) in [5.74, 6) is -0.924. The Morgan fingerprint density at radius 3 is 2.09 bits per heavy atom. The number of carbonyl (C=O) groups excluding carboxylic acids is 2. The van der Waals surface area contributed by atoms with Crippen molar-refractivity contribution >= 4 is 11.8 Å². The zero-order valence-electron chi connectivity index (χ0n) is 19.2. The van der Waals surface area contributed by atoms with Gasteiger partial charge in [-0.3, -0.25) is 19.4 Å². The zero-order chi connectivity index (χ0) is 23.3. The first-order valence-corrected chi connectivity index (χ1v) is 12.0. The van der Waals surface area contributed by atoms with Crippen LogP contribution in [0, 0.1) is 17.8 Å². The van der Waals surface area contributed by atoms with Crippen LogP contribution < -0.4 is 0 Å². The van der Waals surface area contributed by atoms with Gasteiger partial charge in [0.2, 0.25) is 11.8 Å².